The Morgan fingerprint density at radius 2 is 1.90 bits per heavy atom. The minimum Gasteiger partial charge on any atom is -0.466 e. The first-order valence-corrected chi connectivity index (χ1v) is 11.5. The van der Waals surface area contributed by atoms with Crippen LogP contribution in [0.3, 0.4) is 0 Å². The number of rotatable bonds is 6. The van der Waals surface area contributed by atoms with Gasteiger partial charge in [0.15, 0.2) is 0 Å². The Labute approximate surface area is 177 Å². The van der Waals surface area contributed by atoms with E-state index in [1.54, 1.807) is 31.2 Å². The first-order valence-electron chi connectivity index (χ1n) is 8.88. The fraction of sp³-hybridized carbons (Fsp3) is 0.412. The van der Waals surface area contributed by atoms with Crippen molar-refractivity contribution in [3.63, 3.8) is 0 Å². The summed E-state index contributed by atoms with van der Waals surface area (Å²) in [6.45, 7) is 2.42. The number of nitrogens with one attached hydrogen (secondary N) is 1. The summed E-state index contributed by atoms with van der Waals surface area (Å²) in [5.41, 5.74) is 0.357. The van der Waals surface area contributed by atoms with Crippen molar-refractivity contribution in [3.05, 3.63) is 34.9 Å². The summed E-state index contributed by atoms with van der Waals surface area (Å²) in [4.78, 5) is 24.0. The molecule has 0 aliphatic carbocycles. The maximum absolute atomic E-state index is 12.8. The summed E-state index contributed by atoms with van der Waals surface area (Å²) in [6, 6.07) is 6.24. The van der Waals surface area contributed by atoms with Crippen LogP contribution in [0.15, 0.2) is 28.6 Å². The summed E-state index contributed by atoms with van der Waals surface area (Å²) in [7, 11) is -3.85. The van der Waals surface area contributed by atoms with E-state index in [0.29, 0.717) is 30.0 Å². The van der Waals surface area contributed by atoms with Crippen molar-refractivity contribution in [2.75, 3.05) is 25.0 Å². The minimum atomic E-state index is -3.85. The van der Waals surface area contributed by atoms with Crippen molar-refractivity contribution in [1.29, 1.82) is 0 Å². The Morgan fingerprint density at radius 3 is 2.52 bits per heavy atom. The number of aromatic nitrogens is 2. The second kappa shape index (κ2) is 9.16. The lowest BCUT2D eigenvalue weighted by Crippen LogP contribution is -2.40. The summed E-state index contributed by atoms with van der Waals surface area (Å²) >= 11 is 6.57. The number of amides is 1. The summed E-state index contributed by atoms with van der Waals surface area (Å²) in [5, 5.41) is 10.6. The molecule has 29 heavy (non-hydrogen) atoms. The van der Waals surface area contributed by atoms with Gasteiger partial charge < -0.3 is 4.74 Å². The molecule has 0 radical (unpaired) electrons. The lowest BCUT2D eigenvalue weighted by atomic mass is 9.98. The van der Waals surface area contributed by atoms with E-state index in [9.17, 15) is 18.0 Å². The van der Waals surface area contributed by atoms with Crippen LogP contribution in [0.1, 0.15) is 30.1 Å². The fourth-order valence-electron chi connectivity index (χ4n) is 2.84. The van der Waals surface area contributed by atoms with E-state index >= 15 is 0 Å². The van der Waals surface area contributed by atoms with E-state index in [4.69, 9.17) is 16.3 Å². The molecule has 1 N–H and O–H groups in total. The molecular formula is C17H19ClN4O5S2. The van der Waals surface area contributed by atoms with Gasteiger partial charge in [0.1, 0.15) is 0 Å². The predicted molar refractivity (Wildman–Crippen MR) is 107 cm³/mol. The van der Waals surface area contributed by atoms with E-state index in [1.165, 1.54) is 4.31 Å². The van der Waals surface area contributed by atoms with Crippen LogP contribution in [-0.4, -0.2) is 54.5 Å². The number of esters is 1. The van der Waals surface area contributed by atoms with Crippen LogP contribution in [0.4, 0.5) is 5.13 Å². The molecule has 2 heterocycles. The van der Waals surface area contributed by atoms with Gasteiger partial charge in [0.05, 0.1) is 12.5 Å². The average molecular weight is 459 g/mol. The number of hydrogen-bond acceptors (Lipinski definition) is 8. The molecule has 3 rings (SSSR count). The normalized spacial score (nSPS) is 15.8. The van der Waals surface area contributed by atoms with Gasteiger partial charge in [-0.1, -0.05) is 22.9 Å². The second-order valence-corrected chi connectivity index (χ2v) is 9.79. The third kappa shape index (κ3) is 5.10. The smallest absolute Gasteiger partial charge is 0.309 e. The summed E-state index contributed by atoms with van der Waals surface area (Å²) < 4.78 is 31.6. The number of hydrogen-bond donors (Lipinski definition) is 1. The molecule has 1 aliphatic heterocycles. The van der Waals surface area contributed by atoms with Crippen LogP contribution in [0.25, 0.3) is 0 Å². The molecule has 0 saturated carbocycles. The zero-order chi connectivity index (χ0) is 21.0. The highest BCUT2D eigenvalue weighted by atomic mass is 35.5. The van der Waals surface area contributed by atoms with Crippen molar-refractivity contribution in [2.45, 2.75) is 24.1 Å². The summed E-state index contributed by atoms with van der Waals surface area (Å²) in [5.74, 6) is -1.05. The van der Waals surface area contributed by atoms with E-state index in [-0.39, 0.29) is 34.4 Å². The van der Waals surface area contributed by atoms with E-state index < -0.39 is 15.9 Å². The quantitative estimate of drug-likeness (QED) is 0.521. The van der Waals surface area contributed by atoms with Gasteiger partial charge in [-0.25, -0.2) is 8.42 Å². The summed E-state index contributed by atoms with van der Waals surface area (Å²) in [6.07, 6.45) is 0.772. The highest BCUT2D eigenvalue weighted by molar-refractivity contribution is 7.91. The van der Waals surface area contributed by atoms with Gasteiger partial charge in [-0.15, -0.1) is 10.2 Å². The minimum absolute atomic E-state index is 0.0740. The van der Waals surface area contributed by atoms with Crippen molar-refractivity contribution < 1.29 is 22.7 Å². The van der Waals surface area contributed by atoms with Gasteiger partial charge in [-0.3, -0.25) is 14.9 Å². The maximum Gasteiger partial charge on any atom is 0.309 e. The zero-order valence-electron chi connectivity index (χ0n) is 15.5. The van der Waals surface area contributed by atoms with Crippen LogP contribution in [-0.2, 0) is 19.6 Å². The van der Waals surface area contributed by atoms with Crippen molar-refractivity contribution >= 4 is 50.0 Å². The lowest BCUT2D eigenvalue weighted by molar-refractivity contribution is -0.149. The van der Waals surface area contributed by atoms with Crippen LogP contribution in [0.5, 0.6) is 0 Å². The van der Waals surface area contributed by atoms with Gasteiger partial charge in [-0.2, -0.15) is 4.31 Å². The molecule has 1 aliphatic rings. The number of ether oxygens (including phenoxy) is 1. The number of halogens is 1. The monoisotopic (exact) mass is 458 g/mol. The highest BCUT2D eigenvalue weighted by Crippen LogP contribution is 2.28. The first-order chi connectivity index (χ1) is 13.8. The Kier molecular flexibility index (Phi) is 6.83. The van der Waals surface area contributed by atoms with Crippen LogP contribution >= 0.6 is 22.9 Å². The Hall–Kier alpha value is -2.08. The first kappa shape index (κ1) is 21.6. The molecule has 1 fully saturated rings. The second-order valence-electron chi connectivity index (χ2n) is 6.26. The molecule has 0 spiro atoms. The van der Waals surface area contributed by atoms with Gasteiger partial charge in [0.2, 0.25) is 9.47 Å². The molecule has 12 heteroatoms. The Bertz CT molecular complexity index is 986. The SMILES string of the molecule is CCOC(=O)C1CCN(S(=O)(=O)c2nnc(NC(=O)c3ccc(Cl)cc3)s2)CC1. The molecule has 1 aromatic carbocycles. The molecule has 0 bridgehead atoms. The maximum atomic E-state index is 12.8. The van der Waals surface area contributed by atoms with Gasteiger partial charge in [0.25, 0.3) is 15.9 Å². The van der Waals surface area contributed by atoms with Crippen LogP contribution < -0.4 is 5.32 Å². The number of sulfonamides is 1. The average Bonchev–Trinajstić information content (AvgIpc) is 3.18. The van der Waals surface area contributed by atoms with Crippen LogP contribution in [0.2, 0.25) is 5.02 Å². The van der Waals surface area contributed by atoms with Crippen molar-refractivity contribution in [3.8, 4) is 0 Å². The number of nitrogens with zero attached hydrogens (tertiary/aromatic N) is 3. The topological polar surface area (TPSA) is 119 Å². The molecule has 0 atom stereocenters. The van der Waals surface area contributed by atoms with Crippen LogP contribution in [0, 0.1) is 5.92 Å². The standard InChI is InChI=1S/C17H19ClN4O5S2/c1-2-27-15(24)12-7-9-22(10-8-12)29(25,26)17-21-20-16(28-17)19-14(23)11-3-5-13(18)6-4-11/h3-6,12H,2,7-10H2,1H3,(H,19,20,23). The van der Waals surface area contributed by atoms with E-state index in [1.807, 2.05) is 0 Å². The molecular weight excluding hydrogens is 440 g/mol. The zero-order valence-corrected chi connectivity index (χ0v) is 17.9. The number of benzene rings is 1. The van der Waals surface area contributed by atoms with Gasteiger partial charge in [0, 0.05) is 23.7 Å². The van der Waals surface area contributed by atoms with Gasteiger partial charge in [-0.05, 0) is 44.0 Å². The molecule has 1 aromatic heterocycles. The number of carbonyl (C=O) groups is 2. The lowest BCUT2D eigenvalue weighted by Gasteiger charge is -2.29. The molecule has 1 saturated heterocycles. The van der Waals surface area contributed by atoms with Crippen molar-refractivity contribution in [2.24, 2.45) is 5.92 Å². The molecule has 2 aromatic rings. The molecule has 156 valence electrons. The van der Waals surface area contributed by atoms with Crippen molar-refractivity contribution in [1.82, 2.24) is 14.5 Å². The Morgan fingerprint density at radius 1 is 1.24 bits per heavy atom. The molecule has 9 nitrogen and oxygen atoms in total. The molecule has 1 amide bonds. The Balaban J connectivity index is 1.64. The third-order valence-corrected chi connectivity index (χ3v) is 7.70. The number of anilines is 1. The third-order valence-electron chi connectivity index (χ3n) is 4.37. The fourth-order valence-corrected chi connectivity index (χ4v) is 5.47. The highest BCUT2D eigenvalue weighted by Gasteiger charge is 2.34. The number of carbonyl (C=O) groups excluding carboxylic acids is 2. The van der Waals surface area contributed by atoms with Gasteiger partial charge >= 0.3 is 5.97 Å². The van der Waals surface area contributed by atoms with E-state index in [0.717, 1.165) is 11.3 Å². The van der Waals surface area contributed by atoms with E-state index in [2.05, 4.69) is 15.5 Å². The number of piperidine rings is 1. The molecule has 0 unspecified atom stereocenters. The largest absolute Gasteiger partial charge is 0.466 e. The predicted octanol–water partition coefficient (Wildman–Crippen LogP) is 2.41.